The Morgan fingerprint density at radius 1 is 1.21 bits per heavy atom. The molecule has 7 heteroatoms. The van der Waals surface area contributed by atoms with Crippen LogP contribution >= 0.6 is 11.6 Å². The zero-order valence-corrected chi connectivity index (χ0v) is 17.3. The lowest BCUT2D eigenvalue weighted by Gasteiger charge is -2.26. The molecule has 0 saturated carbocycles. The lowest BCUT2D eigenvalue weighted by molar-refractivity contribution is 0.209. The molecule has 3 aromatic rings. The molecule has 1 aliphatic heterocycles. The number of hydrogen-bond acceptors (Lipinski definition) is 4. The molecule has 1 aromatic carbocycles. The monoisotopic (exact) mass is 416 g/mol. The quantitative estimate of drug-likeness (QED) is 0.585. The summed E-state index contributed by atoms with van der Waals surface area (Å²) in [5.74, 6) is 0.750. The Bertz CT molecular complexity index is 917. The molecule has 3 heterocycles. The molecule has 1 fully saturated rings. The van der Waals surface area contributed by atoms with Gasteiger partial charge in [-0.25, -0.2) is 9.07 Å². The molecule has 0 amide bonds. The highest BCUT2D eigenvalue weighted by Gasteiger charge is 2.25. The van der Waals surface area contributed by atoms with Gasteiger partial charge in [-0.2, -0.15) is 5.10 Å². The van der Waals surface area contributed by atoms with Crippen LogP contribution in [-0.4, -0.2) is 34.3 Å². The van der Waals surface area contributed by atoms with Crippen LogP contribution in [0.25, 0.3) is 0 Å². The van der Waals surface area contributed by atoms with Gasteiger partial charge >= 0.3 is 0 Å². The summed E-state index contributed by atoms with van der Waals surface area (Å²) in [5.41, 5.74) is 2.86. The number of nitrogens with zero attached hydrogens (tertiary/aromatic N) is 3. The molecular formula is C22H26ClFN4O. The maximum Gasteiger partial charge on any atom is 0.132 e. The zero-order valence-electron chi connectivity index (χ0n) is 16.6. The van der Waals surface area contributed by atoms with Crippen molar-refractivity contribution in [1.29, 1.82) is 0 Å². The maximum absolute atomic E-state index is 13.1. The molecule has 0 radical (unpaired) electrons. The van der Waals surface area contributed by atoms with Crippen molar-refractivity contribution >= 4 is 11.6 Å². The topological polar surface area (TPSA) is 46.2 Å². The van der Waals surface area contributed by atoms with Gasteiger partial charge in [-0.15, -0.1) is 0 Å². The van der Waals surface area contributed by atoms with Gasteiger partial charge < -0.3 is 9.73 Å². The second-order valence-corrected chi connectivity index (χ2v) is 7.90. The van der Waals surface area contributed by atoms with E-state index >= 15 is 0 Å². The molecule has 0 aliphatic carbocycles. The summed E-state index contributed by atoms with van der Waals surface area (Å²) >= 11 is 6.61. The van der Waals surface area contributed by atoms with Crippen LogP contribution in [0, 0.1) is 12.7 Å². The highest BCUT2D eigenvalue weighted by Crippen LogP contribution is 2.26. The Hall–Kier alpha value is -2.15. The average Bonchev–Trinajstić information content (AvgIpc) is 3.46. The van der Waals surface area contributed by atoms with E-state index in [0.717, 1.165) is 42.2 Å². The summed E-state index contributed by atoms with van der Waals surface area (Å²) in [7, 11) is 0. The van der Waals surface area contributed by atoms with Crippen molar-refractivity contribution in [2.24, 2.45) is 0 Å². The standard InChI is InChI=1S/C22H26ClFN4O/c1-16-19(22(23)28(26-16)15-17-6-8-18(24)9-7-17)13-25-14-20(21-5-4-12-29-21)27-10-2-3-11-27/h4-9,12,20,25H,2-3,10-11,13-15H2,1H3. The van der Waals surface area contributed by atoms with Gasteiger partial charge in [0.05, 0.1) is 24.5 Å². The first-order chi connectivity index (χ1) is 14.1. The van der Waals surface area contributed by atoms with Crippen molar-refractivity contribution in [3.05, 3.63) is 76.2 Å². The van der Waals surface area contributed by atoms with E-state index < -0.39 is 0 Å². The summed E-state index contributed by atoms with van der Waals surface area (Å²) in [4.78, 5) is 2.47. The van der Waals surface area contributed by atoms with Gasteiger partial charge in [0.1, 0.15) is 16.7 Å². The first kappa shape index (κ1) is 20.1. The minimum Gasteiger partial charge on any atom is -0.468 e. The van der Waals surface area contributed by atoms with E-state index in [4.69, 9.17) is 16.0 Å². The second-order valence-electron chi connectivity index (χ2n) is 7.54. The van der Waals surface area contributed by atoms with Crippen molar-refractivity contribution in [2.75, 3.05) is 19.6 Å². The fourth-order valence-corrected chi connectivity index (χ4v) is 4.24. The molecule has 29 heavy (non-hydrogen) atoms. The van der Waals surface area contributed by atoms with Crippen molar-refractivity contribution in [2.45, 2.75) is 38.9 Å². The number of nitrogens with one attached hydrogen (secondary N) is 1. The largest absolute Gasteiger partial charge is 0.468 e. The summed E-state index contributed by atoms with van der Waals surface area (Å²) in [6, 6.07) is 10.6. The van der Waals surface area contributed by atoms with E-state index in [1.165, 1.54) is 25.0 Å². The van der Waals surface area contributed by atoms with Crippen LogP contribution < -0.4 is 5.32 Å². The predicted molar refractivity (Wildman–Crippen MR) is 111 cm³/mol. The molecular weight excluding hydrogens is 391 g/mol. The van der Waals surface area contributed by atoms with Crippen LogP contribution in [0.5, 0.6) is 0 Å². The second kappa shape index (κ2) is 9.11. The SMILES string of the molecule is Cc1nn(Cc2ccc(F)cc2)c(Cl)c1CNCC(c1ccco1)N1CCCC1. The molecule has 1 saturated heterocycles. The van der Waals surface area contributed by atoms with E-state index in [-0.39, 0.29) is 11.9 Å². The van der Waals surface area contributed by atoms with Gasteiger partial charge in [-0.1, -0.05) is 23.7 Å². The molecule has 1 unspecified atom stereocenters. The Morgan fingerprint density at radius 3 is 2.66 bits per heavy atom. The van der Waals surface area contributed by atoms with Crippen LogP contribution in [0.3, 0.4) is 0 Å². The van der Waals surface area contributed by atoms with Crippen LogP contribution in [0.15, 0.2) is 47.1 Å². The summed E-state index contributed by atoms with van der Waals surface area (Å²) < 4.78 is 20.6. The van der Waals surface area contributed by atoms with Crippen LogP contribution in [-0.2, 0) is 13.1 Å². The first-order valence-corrected chi connectivity index (χ1v) is 10.4. The molecule has 4 rings (SSSR count). The first-order valence-electron chi connectivity index (χ1n) is 10.1. The number of aryl methyl sites for hydroxylation is 1. The maximum atomic E-state index is 13.1. The Morgan fingerprint density at radius 2 is 1.97 bits per heavy atom. The molecule has 1 aliphatic rings. The highest BCUT2D eigenvalue weighted by molar-refractivity contribution is 6.30. The Labute approximate surface area is 175 Å². The third-order valence-electron chi connectivity index (χ3n) is 5.52. The minimum atomic E-state index is -0.245. The van der Waals surface area contributed by atoms with Gasteiger partial charge in [-0.05, 0) is 62.7 Å². The van der Waals surface area contributed by atoms with Crippen LogP contribution in [0.2, 0.25) is 5.15 Å². The zero-order chi connectivity index (χ0) is 20.2. The molecule has 2 aromatic heterocycles. The smallest absolute Gasteiger partial charge is 0.132 e. The lowest BCUT2D eigenvalue weighted by Crippen LogP contribution is -2.33. The third kappa shape index (κ3) is 4.71. The van der Waals surface area contributed by atoms with Gasteiger partial charge in [0.25, 0.3) is 0 Å². The Kier molecular flexibility index (Phi) is 6.33. The number of hydrogen-bond donors (Lipinski definition) is 1. The van der Waals surface area contributed by atoms with Crippen LogP contribution in [0.1, 0.15) is 41.5 Å². The third-order valence-corrected chi connectivity index (χ3v) is 5.94. The number of halogens is 2. The predicted octanol–water partition coefficient (Wildman–Crippen LogP) is 4.55. The molecule has 5 nitrogen and oxygen atoms in total. The molecule has 1 N–H and O–H groups in total. The van der Waals surface area contributed by atoms with Gasteiger partial charge in [0, 0.05) is 18.7 Å². The van der Waals surface area contributed by atoms with E-state index in [0.29, 0.717) is 18.2 Å². The van der Waals surface area contributed by atoms with E-state index in [9.17, 15) is 4.39 Å². The van der Waals surface area contributed by atoms with Gasteiger partial charge in [0.2, 0.25) is 0 Å². The molecule has 0 bridgehead atoms. The van der Waals surface area contributed by atoms with Crippen LogP contribution in [0.4, 0.5) is 4.39 Å². The molecule has 0 spiro atoms. The summed E-state index contributed by atoms with van der Waals surface area (Å²) in [5, 5.41) is 8.74. The van der Waals surface area contributed by atoms with Crippen molar-refractivity contribution in [1.82, 2.24) is 20.0 Å². The number of furan rings is 1. The normalized spacial score (nSPS) is 15.8. The number of rotatable bonds is 8. The number of aromatic nitrogens is 2. The summed E-state index contributed by atoms with van der Waals surface area (Å²) in [6.07, 6.45) is 4.20. The van der Waals surface area contributed by atoms with E-state index in [1.807, 2.05) is 19.1 Å². The number of likely N-dealkylation sites (tertiary alicyclic amines) is 1. The highest BCUT2D eigenvalue weighted by atomic mass is 35.5. The molecule has 154 valence electrons. The van der Waals surface area contributed by atoms with Crippen molar-refractivity contribution in [3.63, 3.8) is 0 Å². The van der Waals surface area contributed by atoms with E-state index in [1.54, 1.807) is 23.1 Å². The van der Waals surface area contributed by atoms with Gasteiger partial charge in [0.15, 0.2) is 0 Å². The molecule has 1 atom stereocenters. The number of benzene rings is 1. The Balaban J connectivity index is 1.41. The minimum absolute atomic E-state index is 0.223. The lowest BCUT2D eigenvalue weighted by atomic mass is 10.2. The fraction of sp³-hybridized carbons (Fsp3) is 0.409. The van der Waals surface area contributed by atoms with Crippen molar-refractivity contribution < 1.29 is 8.81 Å². The fourth-order valence-electron chi connectivity index (χ4n) is 3.94. The average molecular weight is 417 g/mol. The van der Waals surface area contributed by atoms with Gasteiger partial charge in [-0.3, -0.25) is 4.90 Å². The summed E-state index contributed by atoms with van der Waals surface area (Å²) in [6.45, 7) is 6.10. The van der Waals surface area contributed by atoms with E-state index in [2.05, 4.69) is 15.3 Å². The van der Waals surface area contributed by atoms with Crippen molar-refractivity contribution in [3.8, 4) is 0 Å².